The molecule has 0 radical (unpaired) electrons. The van der Waals surface area contributed by atoms with Gasteiger partial charge in [-0.2, -0.15) is 26.3 Å². The van der Waals surface area contributed by atoms with Crippen LogP contribution in [-0.4, -0.2) is 52.8 Å². The standard InChI is InChI=1S/C27H29F6N3O2/c1-15-5-6-21(16(2)11-15)24-22-7-8-23(37)35(22)9-10-36(24)25(38)34(4)17(3)18-12-19(26(28,29)30)14-20(13-18)27(31,32)33/h5-6,11-14,17,22,24H,7-10H2,1-4H3/t17-,22?,24?/m1/s1. The number of amides is 3. The number of hydrogen-bond donors (Lipinski definition) is 0. The number of aryl methyl sites for hydroxylation is 2. The molecule has 206 valence electrons. The van der Waals surface area contributed by atoms with E-state index >= 15 is 0 Å². The van der Waals surface area contributed by atoms with Crippen molar-refractivity contribution in [3.05, 3.63) is 69.8 Å². The number of benzene rings is 2. The third-order valence-corrected chi connectivity index (χ3v) is 7.62. The average Bonchev–Trinajstić information content (AvgIpc) is 3.21. The van der Waals surface area contributed by atoms with E-state index in [1.807, 2.05) is 32.0 Å². The van der Waals surface area contributed by atoms with Crippen LogP contribution in [0, 0.1) is 13.8 Å². The third kappa shape index (κ3) is 5.19. The fraction of sp³-hybridized carbons (Fsp3) is 0.481. The van der Waals surface area contributed by atoms with Gasteiger partial charge >= 0.3 is 18.4 Å². The second-order valence-corrected chi connectivity index (χ2v) is 10.1. The molecule has 2 aromatic carbocycles. The number of nitrogens with zero attached hydrogens (tertiary/aromatic N) is 3. The van der Waals surface area contributed by atoms with Crippen LogP contribution in [0.25, 0.3) is 0 Å². The smallest absolute Gasteiger partial charge is 0.335 e. The van der Waals surface area contributed by atoms with Crippen LogP contribution in [0.3, 0.4) is 0 Å². The quantitative estimate of drug-likeness (QED) is 0.417. The summed E-state index contributed by atoms with van der Waals surface area (Å²) in [6.45, 7) is 5.74. The summed E-state index contributed by atoms with van der Waals surface area (Å²) < 4.78 is 80.5. The lowest BCUT2D eigenvalue weighted by molar-refractivity contribution is -0.143. The zero-order valence-electron chi connectivity index (χ0n) is 21.5. The maximum Gasteiger partial charge on any atom is 0.416 e. The number of carbonyl (C=O) groups is 2. The molecule has 0 saturated carbocycles. The van der Waals surface area contributed by atoms with Crippen LogP contribution in [0.4, 0.5) is 31.1 Å². The molecule has 4 rings (SSSR count). The number of rotatable bonds is 3. The van der Waals surface area contributed by atoms with Gasteiger partial charge in [0.15, 0.2) is 0 Å². The first-order valence-corrected chi connectivity index (χ1v) is 12.3. The van der Waals surface area contributed by atoms with Crippen LogP contribution in [0.1, 0.15) is 65.2 Å². The molecule has 3 amide bonds. The number of hydrogen-bond acceptors (Lipinski definition) is 2. The van der Waals surface area contributed by atoms with Gasteiger partial charge in [-0.05, 0) is 62.1 Å². The normalized spacial score (nSPS) is 20.9. The SMILES string of the molecule is Cc1ccc(C2C3CCC(=O)N3CCN2C(=O)N(C)[C@H](C)c2cc(C(F)(F)F)cc(C(F)(F)F)c2)c(C)c1. The van der Waals surface area contributed by atoms with Gasteiger partial charge < -0.3 is 14.7 Å². The molecule has 0 spiro atoms. The summed E-state index contributed by atoms with van der Waals surface area (Å²) in [5, 5.41) is 0. The molecule has 11 heteroatoms. The van der Waals surface area contributed by atoms with Crippen LogP contribution < -0.4 is 0 Å². The highest BCUT2D eigenvalue weighted by Crippen LogP contribution is 2.41. The van der Waals surface area contributed by atoms with Crippen molar-refractivity contribution < 1.29 is 35.9 Å². The molecule has 0 aromatic heterocycles. The molecule has 2 aliphatic rings. The van der Waals surface area contributed by atoms with Crippen molar-refractivity contribution in [3.63, 3.8) is 0 Å². The van der Waals surface area contributed by atoms with Crippen LogP contribution >= 0.6 is 0 Å². The minimum atomic E-state index is -4.99. The molecular weight excluding hydrogens is 512 g/mol. The molecule has 2 heterocycles. The van der Waals surface area contributed by atoms with Gasteiger partial charge in [-0.25, -0.2) is 4.79 Å². The summed E-state index contributed by atoms with van der Waals surface area (Å²) in [5.41, 5.74) is -0.330. The minimum absolute atomic E-state index is 0.00207. The highest BCUT2D eigenvalue weighted by molar-refractivity contribution is 5.81. The molecule has 2 fully saturated rings. The lowest BCUT2D eigenvalue weighted by Crippen LogP contribution is -2.57. The largest absolute Gasteiger partial charge is 0.416 e. The van der Waals surface area contributed by atoms with Crippen molar-refractivity contribution in [1.82, 2.24) is 14.7 Å². The molecule has 0 bridgehead atoms. The fourth-order valence-electron chi connectivity index (χ4n) is 5.50. The van der Waals surface area contributed by atoms with Gasteiger partial charge in [0.2, 0.25) is 5.91 Å². The van der Waals surface area contributed by atoms with Crippen LogP contribution in [0.5, 0.6) is 0 Å². The van der Waals surface area contributed by atoms with Crippen LogP contribution in [0.15, 0.2) is 36.4 Å². The molecule has 2 unspecified atom stereocenters. The monoisotopic (exact) mass is 541 g/mol. The molecule has 0 aliphatic carbocycles. The van der Waals surface area contributed by atoms with Gasteiger partial charge in [-0.3, -0.25) is 4.79 Å². The Labute approximate surface area is 217 Å². The van der Waals surface area contributed by atoms with E-state index < -0.39 is 41.6 Å². The predicted molar refractivity (Wildman–Crippen MR) is 128 cm³/mol. The zero-order chi connectivity index (χ0) is 28.2. The Kier molecular flexibility index (Phi) is 7.18. The number of halogens is 6. The van der Waals surface area contributed by atoms with Crippen molar-refractivity contribution in [3.8, 4) is 0 Å². The second kappa shape index (κ2) is 9.81. The third-order valence-electron chi connectivity index (χ3n) is 7.62. The number of alkyl halides is 6. The highest BCUT2D eigenvalue weighted by atomic mass is 19.4. The van der Waals surface area contributed by atoms with E-state index in [4.69, 9.17) is 0 Å². The van der Waals surface area contributed by atoms with Crippen molar-refractivity contribution >= 4 is 11.9 Å². The first-order valence-electron chi connectivity index (χ1n) is 12.3. The second-order valence-electron chi connectivity index (χ2n) is 10.1. The molecule has 3 atom stereocenters. The van der Waals surface area contributed by atoms with E-state index in [1.165, 1.54) is 18.9 Å². The van der Waals surface area contributed by atoms with Crippen LogP contribution in [0.2, 0.25) is 0 Å². The number of piperazine rings is 1. The van der Waals surface area contributed by atoms with E-state index in [-0.39, 0.29) is 30.1 Å². The molecule has 38 heavy (non-hydrogen) atoms. The lowest BCUT2D eigenvalue weighted by atomic mass is 9.90. The lowest BCUT2D eigenvalue weighted by Gasteiger charge is -2.47. The first kappa shape index (κ1) is 27.8. The topological polar surface area (TPSA) is 43.9 Å². The average molecular weight is 542 g/mol. The summed E-state index contributed by atoms with van der Waals surface area (Å²) in [7, 11) is 1.37. The summed E-state index contributed by atoms with van der Waals surface area (Å²) >= 11 is 0. The molecule has 2 aliphatic heterocycles. The minimum Gasteiger partial charge on any atom is -0.335 e. The Morgan fingerprint density at radius 2 is 1.58 bits per heavy atom. The Balaban J connectivity index is 1.70. The van der Waals surface area contributed by atoms with E-state index in [0.29, 0.717) is 31.5 Å². The maximum absolute atomic E-state index is 13.8. The van der Waals surface area contributed by atoms with Gasteiger partial charge in [-0.1, -0.05) is 23.8 Å². The van der Waals surface area contributed by atoms with Crippen molar-refractivity contribution in [1.29, 1.82) is 0 Å². The Hall–Kier alpha value is -3.24. The van der Waals surface area contributed by atoms with Gasteiger partial charge in [-0.15, -0.1) is 0 Å². The fourth-order valence-corrected chi connectivity index (χ4v) is 5.50. The van der Waals surface area contributed by atoms with Crippen molar-refractivity contribution in [2.24, 2.45) is 0 Å². The molecule has 2 aromatic rings. The Morgan fingerprint density at radius 3 is 2.13 bits per heavy atom. The van der Waals surface area contributed by atoms with E-state index in [0.717, 1.165) is 16.7 Å². The number of carbonyl (C=O) groups excluding carboxylic acids is 2. The zero-order valence-corrected chi connectivity index (χ0v) is 21.5. The molecule has 0 N–H and O–H groups in total. The number of urea groups is 1. The molecule has 5 nitrogen and oxygen atoms in total. The van der Waals surface area contributed by atoms with E-state index in [9.17, 15) is 35.9 Å². The highest BCUT2D eigenvalue weighted by Gasteiger charge is 2.46. The number of fused-ring (bicyclic) bond motifs is 1. The van der Waals surface area contributed by atoms with Gasteiger partial charge in [0, 0.05) is 26.6 Å². The molecular formula is C27H29F6N3O2. The first-order chi connectivity index (χ1) is 17.6. The predicted octanol–water partition coefficient (Wildman–Crippen LogP) is 6.50. The van der Waals surface area contributed by atoms with E-state index in [1.54, 1.807) is 9.80 Å². The van der Waals surface area contributed by atoms with Crippen LogP contribution in [-0.2, 0) is 17.1 Å². The summed E-state index contributed by atoms with van der Waals surface area (Å²) in [6, 6.07) is 4.79. The van der Waals surface area contributed by atoms with Crippen molar-refractivity contribution in [2.75, 3.05) is 20.1 Å². The Bertz CT molecular complexity index is 1210. The summed E-state index contributed by atoms with van der Waals surface area (Å²) in [5.74, 6) is 0.00207. The van der Waals surface area contributed by atoms with E-state index in [2.05, 4.69) is 0 Å². The molecule has 2 saturated heterocycles. The van der Waals surface area contributed by atoms with Gasteiger partial charge in [0.05, 0.1) is 29.3 Å². The summed E-state index contributed by atoms with van der Waals surface area (Å²) in [6.07, 6.45) is -9.08. The van der Waals surface area contributed by atoms with Gasteiger partial charge in [0.1, 0.15) is 0 Å². The van der Waals surface area contributed by atoms with Crippen molar-refractivity contribution in [2.45, 2.75) is 64.1 Å². The summed E-state index contributed by atoms with van der Waals surface area (Å²) in [4.78, 5) is 30.8. The van der Waals surface area contributed by atoms with Gasteiger partial charge in [0.25, 0.3) is 0 Å². The maximum atomic E-state index is 13.8. The Morgan fingerprint density at radius 1 is 0.974 bits per heavy atom.